The van der Waals surface area contributed by atoms with Gasteiger partial charge < -0.3 is 4.57 Å². The van der Waals surface area contributed by atoms with Crippen molar-refractivity contribution in [2.75, 3.05) is 13.1 Å². The molecule has 30 heavy (non-hydrogen) atoms. The Morgan fingerprint density at radius 1 is 1.10 bits per heavy atom. The summed E-state index contributed by atoms with van der Waals surface area (Å²) in [6, 6.07) is 14.4. The maximum atomic E-state index is 6.35. The lowest BCUT2D eigenvalue weighted by atomic mass is 9.92. The van der Waals surface area contributed by atoms with E-state index in [2.05, 4.69) is 43.7 Å². The van der Waals surface area contributed by atoms with E-state index in [9.17, 15) is 0 Å². The van der Waals surface area contributed by atoms with Gasteiger partial charge in [0.2, 0.25) is 0 Å². The number of benzene rings is 1. The molecule has 0 bridgehead atoms. The van der Waals surface area contributed by atoms with Gasteiger partial charge in [0, 0.05) is 48.2 Å². The number of piperidine rings is 1. The second-order valence-electron chi connectivity index (χ2n) is 8.00. The summed E-state index contributed by atoms with van der Waals surface area (Å²) in [6.07, 6.45) is 7.70. The average Bonchev–Trinajstić information content (AvgIpc) is 3.17. The van der Waals surface area contributed by atoms with E-state index in [1.807, 2.05) is 37.8 Å². The Morgan fingerprint density at radius 2 is 1.93 bits per heavy atom. The van der Waals surface area contributed by atoms with Gasteiger partial charge in [-0.2, -0.15) is 0 Å². The Morgan fingerprint density at radius 3 is 2.70 bits per heavy atom. The third kappa shape index (κ3) is 3.71. The fraction of sp³-hybridized carbons (Fsp3) is 0.292. The van der Waals surface area contributed by atoms with Crippen LogP contribution in [-0.2, 0) is 13.6 Å². The number of hydrogen-bond donors (Lipinski definition) is 0. The number of pyridine rings is 2. The number of aryl methyl sites for hydroxylation is 1. The van der Waals surface area contributed by atoms with E-state index in [4.69, 9.17) is 16.6 Å². The maximum absolute atomic E-state index is 6.35. The third-order valence-electron chi connectivity index (χ3n) is 6.03. The SMILES string of the molecule is Cn1cnc2c(-c3cccnc3)nc(C3CCN(Cc4ccccc4Cl)CC3)cc21. The van der Waals surface area contributed by atoms with Crippen molar-refractivity contribution in [3.8, 4) is 11.3 Å². The van der Waals surface area contributed by atoms with Crippen LogP contribution in [-0.4, -0.2) is 37.5 Å². The summed E-state index contributed by atoms with van der Waals surface area (Å²) in [6.45, 7) is 2.99. The molecule has 0 amide bonds. The molecule has 1 aliphatic heterocycles. The predicted molar refractivity (Wildman–Crippen MR) is 120 cm³/mol. The first-order valence-electron chi connectivity index (χ1n) is 10.4. The summed E-state index contributed by atoms with van der Waals surface area (Å²) in [5.41, 5.74) is 6.35. The van der Waals surface area contributed by atoms with Crippen molar-refractivity contribution in [2.24, 2.45) is 7.05 Å². The molecule has 1 aliphatic rings. The summed E-state index contributed by atoms with van der Waals surface area (Å²) in [5, 5.41) is 0.851. The highest BCUT2D eigenvalue weighted by Gasteiger charge is 2.24. The first-order chi connectivity index (χ1) is 14.7. The third-order valence-corrected chi connectivity index (χ3v) is 6.39. The van der Waals surface area contributed by atoms with Gasteiger partial charge in [0.15, 0.2) is 0 Å². The van der Waals surface area contributed by atoms with Gasteiger partial charge in [-0.15, -0.1) is 0 Å². The highest BCUT2D eigenvalue weighted by atomic mass is 35.5. The van der Waals surface area contributed by atoms with E-state index in [-0.39, 0.29) is 0 Å². The van der Waals surface area contributed by atoms with Crippen molar-refractivity contribution < 1.29 is 0 Å². The first-order valence-corrected chi connectivity index (χ1v) is 10.7. The standard InChI is InChI=1S/C24H24ClN5/c1-29-16-27-24-22(29)13-21(28-23(24)18-6-4-10-26-14-18)17-8-11-30(12-9-17)15-19-5-2-3-7-20(19)25/h2-7,10,13-14,16-17H,8-9,11-12,15H2,1H3. The van der Waals surface area contributed by atoms with Crippen LogP contribution in [0.4, 0.5) is 0 Å². The first kappa shape index (κ1) is 19.2. The molecular weight excluding hydrogens is 394 g/mol. The van der Waals surface area contributed by atoms with E-state index in [0.717, 1.165) is 65.5 Å². The molecule has 5 rings (SSSR count). The van der Waals surface area contributed by atoms with Gasteiger partial charge in [-0.1, -0.05) is 29.8 Å². The van der Waals surface area contributed by atoms with E-state index in [0.29, 0.717) is 5.92 Å². The smallest absolute Gasteiger partial charge is 0.115 e. The fourth-order valence-corrected chi connectivity index (χ4v) is 4.51. The Kier molecular flexibility index (Phi) is 5.23. The van der Waals surface area contributed by atoms with Gasteiger partial charge in [0.25, 0.3) is 0 Å². The molecular formula is C24H24ClN5. The van der Waals surface area contributed by atoms with E-state index in [1.165, 1.54) is 5.56 Å². The average molecular weight is 418 g/mol. The van der Waals surface area contributed by atoms with E-state index >= 15 is 0 Å². The lowest BCUT2D eigenvalue weighted by molar-refractivity contribution is 0.203. The largest absolute Gasteiger partial charge is 0.334 e. The molecule has 5 nitrogen and oxygen atoms in total. The second kappa shape index (κ2) is 8.17. The van der Waals surface area contributed by atoms with Gasteiger partial charge in [0.1, 0.15) is 5.52 Å². The highest BCUT2D eigenvalue weighted by molar-refractivity contribution is 6.31. The molecule has 0 aliphatic carbocycles. The zero-order chi connectivity index (χ0) is 20.5. The molecule has 4 aromatic rings. The minimum Gasteiger partial charge on any atom is -0.334 e. The van der Waals surface area contributed by atoms with Crippen LogP contribution in [0.3, 0.4) is 0 Å². The Hall–Kier alpha value is -2.76. The molecule has 0 radical (unpaired) electrons. The van der Waals surface area contributed by atoms with E-state index < -0.39 is 0 Å². The number of fused-ring (bicyclic) bond motifs is 1. The summed E-state index contributed by atoms with van der Waals surface area (Å²) in [7, 11) is 2.04. The molecule has 6 heteroatoms. The molecule has 0 N–H and O–H groups in total. The molecule has 0 saturated carbocycles. The number of nitrogens with zero attached hydrogens (tertiary/aromatic N) is 5. The minimum atomic E-state index is 0.446. The van der Waals surface area contributed by atoms with Crippen LogP contribution in [0.5, 0.6) is 0 Å². The second-order valence-corrected chi connectivity index (χ2v) is 8.41. The maximum Gasteiger partial charge on any atom is 0.115 e. The monoisotopic (exact) mass is 417 g/mol. The van der Waals surface area contributed by atoms with Crippen molar-refractivity contribution in [3.63, 3.8) is 0 Å². The lowest BCUT2D eigenvalue weighted by Crippen LogP contribution is -2.32. The zero-order valence-electron chi connectivity index (χ0n) is 17.0. The number of hydrogen-bond acceptors (Lipinski definition) is 4. The molecule has 1 fully saturated rings. The minimum absolute atomic E-state index is 0.446. The van der Waals surface area contributed by atoms with E-state index in [1.54, 1.807) is 6.20 Å². The van der Waals surface area contributed by atoms with Crippen LogP contribution in [0.2, 0.25) is 5.02 Å². The molecule has 0 unspecified atom stereocenters. The normalized spacial score (nSPS) is 15.7. The van der Waals surface area contributed by atoms with Gasteiger partial charge in [-0.05, 0) is 55.8 Å². The van der Waals surface area contributed by atoms with Crippen molar-refractivity contribution in [1.29, 1.82) is 0 Å². The molecule has 152 valence electrons. The Balaban J connectivity index is 1.39. The van der Waals surface area contributed by atoms with Crippen molar-refractivity contribution in [3.05, 3.63) is 77.5 Å². The summed E-state index contributed by atoms with van der Waals surface area (Å²) in [5.74, 6) is 0.446. The molecule has 0 spiro atoms. The number of aromatic nitrogens is 4. The summed E-state index contributed by atoms with van der Waals surface area (Å²) < 4.78 is 2.08. The molecule has 1 saturated heterocycles. The molecule has 0 atom stereocenters. The van der Waals surface area contributed by atoms with Gasteiger partial charge in [-0.3, -0.25) is 14.9 Å². The summed E-state index contributed by atoms with van der Waals surface area (Å²) in [4.78, 5) is 16.4. The topological polar surface area (TPSA) is 46.8 Å². The van der Waals surface area contributed by atoms with Crippen molar-refractivity contribution >= 4 is 22.6 Å². The Labute approximate surface area is 181 Å². The predicted octanol–water partition coefficient (Wildman–Crippen LogP) is 5.06. The fourth-order valence-electron chi connectivity index (χ4n) is 4.31. The van der Waals surface area contributed by atoms with Gasteiger partial charge in [-0.25, -0.2) is 4.98 Å². The highest BCUT2D eigenvalue weighted by Crippen LogP contribution is 2.33. The summed E-state index contributed by atoms with van der Waals surface area (Å²) >= 11 is 6.35. The zero-order valence-corrected chi connectivity index (χ0v) is 17.8. The Bertz CT molecular complexity index is 1160. The lowest BCUT2D eigenvalue weighted by Gasteiger charge is -2.32. The van der Waals surface area contributed by atoms with Crippen LogP contribution in [0.1, 0.15) is 30.0 Å². The van der Waals surface area contributed by atoms with Crippen LogP contribution in [0.15, 0.2) is 61.2 Å². The van der Waals surface area contributed by atoms with Crippen molar-refractivity contribution in [1.82, 2.24) is 24.4 Å². The van der Waals surface area contributed by atoms with Crippen LogP contribution in [0, 0.1) is 0 Å². The number of halogens is 1. The number of rotatable bonds is 4. The molecule has 4 heterocycles. The van der Waals surface area contributed by atoms with Crippen LogP contribution in [0.25, 0.3) is 22.3 Å². The number of imidazole rings is 1. The van der Waals surface area contributed by atoms with Crippen LogP contribution < -0.4 is 0 Å². The molecule has 3 aromatic heterocycles. The van der Waals surface area contributed by atoms with Crippen molar-refractivity contribution in [2.45, 2.75) is 25.3 Å². The van der Waals surface area contributed by atoms with Crippen LogP contribution >= 0.6 is 11.6 Å². The number of likely N-dealkylation sites (tertiary alicyclic amines) is 1. The van der Waals surface area contributed by atoms with Gasteiger partial charge in [0.05, 0.1) is 17.5 Å². The quantitative estimate of drug-likeness (QED) is 0.465. The molecule has 1 aromatic carbocycles. The van der Waals surface area contributed by atoms with Gasteiger partial charge >= 0.3 is 0 Å².